The van der Waals surface area contributed by atoms with Crippen molar-refractivity contribution < 1.29 is 19.4 Å². The highest BCUT2D eigenvalue weighted by Crippen LogP contribution is 2.25. The van der Waals surface area contributed by atoms with E-state index >= 15 is 0 Å². The molecule has 0 bridgehead atoms. The van der Waals surface area contributed by atoms with Gasteiger partial charge in [0.1, 0.15) is 18.1 Å². The fraction of sp³-hybridized carbons (Fsp3) is 0.0800. The minimum absolute atomic E-state index is 0.0230. The lowest BCUT2D eigenvalue weighted by molar-refractivity contribution is 0.0950. The van der Waals surface area contributed by atoms with Crippen LogP contribution in [0.5, 0.6) is 17.2 Å². The van der Waals surface area contributed by atoms with E-state index in [1.807, 2.05) is 48.5 Å². The van der Waals surface area contributed by atoms with Crippen LogP contribution >= 0.6 is 11.6 Å². The number of amides is 1. The van der Waals surface area contributed by atoms with E-state index in [9.17, 15) is 9.90 Å². The van der Waals surface area contributed by atoms with Gasteiger partial charge in [-0.05, 0) is 71.8 Å². The van der Waals surface area contributed by atoms with Gasteiger partial charge in [0.05, 0.1) is 19.0 Å². The molecule has 4 aromatic rings. The topological polar surface area (TPSA) is 109 Å². The maximum absolute atomic E-state index is 12.4. The summed E-state index contributed by atoms with van der Waals surface area (Å²) >= 11 is 5.90. The number of rotatable bonds is 8. The van der Waals surface area contributed by atoms with Crippen LogP contribution in [0, 0.1) is 0 Å². The molecule has 0 atom stereocenters. The molecule has 1 aromatic heterocycles. The fourth-order valence-electron chi connectivity index (χ4n) is 3.06. The molecule has 0 aliphatic carbocycles. The molecule has 3 aromatic carbocycles. The lowest BCUT2D eigenvalue weighted by Gasteiger charge is -2.07. The molecule has 0 fully saturated rings. The van der Waals surface area contributed by atoms with Gasteiger partial charge in [-0.1, -0.05) is 23.7 Å². The molecule has 0 saturated heterocycles. The van der Waals surface area contributed by atoms with Gasteiger partial charge in [0.25, 0.3) is 5.91 Å². The van der Waals surface area contributed by atoms with Crippen LogP contribution in [0.1, 0.15) is 21.6 Å². The van der Waals surface area contributed by atoms with E-state index in [-0.39, 0.29) is 11.4 Å². The molecule has 34 heavy (non-hydrogen) atoms. The predicted molar refractivity (Wildman–Crippen MR) is 130 cm³/mol. The third-order valence-corrected chi connectivity index (χ3v) is 5.13. The highest BCUT2D eigenvalue weighted by atomic mass is 35.5. The van der Waals surface area contributed by atoms with Crippen LogP contribution in [0.3, 0.4) is 0 Å². The number of benzene rings is 3. The molecule has 9 heteroatoms. The third-order valence-electron chi connectivity index (χ3n) is 4.87. The summed E-state index contributed by atoms with van der Waals surface area (Å²) in [7, 11) is 1.45. The van der Waals surface area contributed by atoms with Gasteiger partial charge in [-0.3, -0.25) is 9.89 Å². The van der Waals surface area contributed by atoms with Crippen LogP contribution < -0.4 is 14.9 Å². The monoisotopic (exact) mass is 476 g/mol. The smallest absolute Gasteiger partial charge is 0.289 e. The summed E-state index contributed by atoms with van der Waals surface area (Å²) in [4.78, 5) is 12.4. The summed E-state index contributed by atoms with van der Waals surface area (Å²) in [5.74, 6) is 0.612. The molecule has 0 aliphatic rings. The maximum Gasteiger partial charge on any atom is 0.289 e. The van der Waals surface area contributed by atoms with Crippen molar-refractivity contribution >= 4 is 23.7 Å². The summed E-state index contributed by atoms with van der Waals surface area (Å²) in [6.07, 6.45) is 1.44. The van der Waals surface area contributed by atoms with E-state index < -0.39 is 5.91 Å². The van der Waals surface area contributed by atoms with Gasteiger partial charge in [0, 0.05) is 10.6 Å². The number of aromatic amines is 1. The number of hydrazone groups is 1. The van der Waals surface area contributed by atoms with Crippen molar-refractivity contribution in [3.8, 4) is 28.5 Å². The standard InChI is InChI=1S/C25H21ClN4O4/c1-33-24-12-17(4-11-23(24)31)14-27-30-25(32)22-13-21(28-29-22)18-5-9-20(10-6-18)34-15-16-2-7-19(26)8-3-16/h2-14,31H,15H2,1H3,(H,28,29)(H,30,32)/b27-14+. The number of ether oxygens (including phenoxy) is 2. The van der Waals surface area contributed by atoms with Crippen molar-refractivity contribution in [2.45, 2.75) is 6.61 Å². The molecule has 0 aliphatic heterocycles. The zero-order chi connectivity index (χ0) is 23.9. The molecule has 4 rings (SSSR count). The molecule has 0 unspecified atom stereocenters. The van der Waals surface area contributed by atoms with Gasteiger partial charge in [-0.2, -0.15) is 10.2 Å². The SMILES string of the molecule is COc1cc(/C=N/NC(=O)c2cc(-c3ccc(OCc4ccc(Cl)cc4)cc3)n[nH]2)ccc1O. The average molecular weight is 477 g/mol. The Morgan fingerprint density at radius 3 is 2.62 bits per heavy atom. The number of nitrogens with zero attached hydrogens (tertiary/aromatic N) is 2. The lowest BCUT2D eigenvalue weighted by atomic mass is 10.1. The van der Waals surface area contributed by atoms with E-state index in [4.69, 9.17) is 21.1 Å². The quantitative estimate of drug-likeness (QED) is 0.250. The van der Waals surface area contributed by atoms with Gasteiger partial charge in [-0.15, -0.1) is 0 Å². The summed E-state index contributed by atoms with van der Waals surface area (Å²) in [6.45, 7) is 0.431. The predicted octanol–water partition coefficient (Wildman–Crippen LogP) is 4.79. The summed E-state index contributed by atoms with van der Waals surface area (Å²) in [5, 5.41) is 21.2. The van der Waals surface area contributed by atoms with E-state index in [0.717, 1.165) is 11.1 Å². The van der Waals surface area contributed by atoms with Crippen LogP contribution in [-0.4, -0.2) is 34.5 Å². The summed E-state index contributed by atoms with van der Waals surface area (Å²) < 4.78 is 10.8. The first kappa shape index (κ1) is 22.9. The Hall–Kier alpha value is -4.30. The number of hydrogen-bond donors (Lipinski definition) is 3. The lowest BCUT2D eigenvalue weighted by Crippen LogP contribution is -2.18. The number of nitrogens with one attached hydrogen (secondary N) is 2. The number of hydrogen-bond acceptors (Lipinski definition) is 6. The van der Waals surface area contributed by atoms with Gasteiger partial charge in [0.15, 0.2) is 11.5 Å². The number of carbonyl (C=O) groups is 1. The summed E-state index contributed by atoms with van der Waals surface area (Å²) in [5.41, 5.74) is 5.81. The first-order valence-electron chi connectivity index (χ1n) is 10.3. The van der Waals surface area contributed by atoms with Crippen molar-refractivity contribution in [2.75, 3.05) is 7.11 Å². The number of aromatic hydroxyl groups is 1. The van der Waals surface area contributed by atoms with E-state index in [1.165, 1.54) is 19.4 Å². The molecular weight excluding hydrogens is 456 g/mol. The molecular formula is C25H21ClN4O4. The van der Waals surface area contributed by atoms with Gasteiger partial charge in [0.2, 0.25) is 0 Å². The maximum atomic E-state index is 12.4. The minimum Gasteiger partial charge on any atom is -0.504 e. The zero-order valence-corrected chi connectivity index (χ0v) is 18.9. The molecule has 8 nitrogen and oxygen atoms in total. The van der Waals surface area contributed by atoms with Crippen LogP contribution in [0.2, 0.25) is 5.02 Å². The average Bonchev–Trinajstić information content (AvgIpc) is 3.35. The van der Waals surface area contributed by atoms with Crippen molar-refractivity contribution in [1.29, 1.82) is 0 Å². The van der Waals surface area contributed by atoms with E-state index in [2.05, 4.69) is 20.7 Å². The Kier molecular flexibility index (Phi) is 7.10. The molecule has 1 amide bonds. The third kappa shape index (κ3) is 5.73. The van der Waals surface area contributed by atoms with Gasteiger partial charge in [-0.25, -0.2) is 5.43 Å². The van der Waals surface area contributed by atoms with Crippen LogP contribution in [0.25, 0.3) is 11.3 Å². The van der Waals surface area contributed by atoms with E-state index in [0.29, 0.717) is 34.4 Å². The normalized spacial score (nSPS) is 10.9. The number of carbonyl (C=O) groups excluding carboxylic acids is 1. The van der Waals surface area contributed by atoms with Crippen molar-refractivity contribution in [1.82, 2.24) is 15.6 Å². The molecule has 172 valence electrons. The number of H-pyrrole nitrogens is 1. The summed E-state index contributed by atoms with van der Waals surface area (Å²) in [6, 6.07) is 21.3. The van der Waals surface area contributed by atoms with Crippen molar-refractivity contribution in [3.63, 3.8) is 0 Å². The second-order valence-electron chi connectivity index (χ2n) is 7.24. The van der Waals surface area contributed by atoms with Gasteiger partial charge >= 0.3 is 0 Å². The zero-order valence-electron chi connectivity index (χ0n) is 18.2. The Bertz CT molecular complexity index is 1300. The highest BCUT2D eigenvalue weighted by molar-refractivity contribution is 6.30. The Morgan fingerprint density at radius 2 is 1.88 bits per heavy atom. The number of phenolic OH excluding ortho intramolecular Hbond substituents is 1. The molecule has 3 N–H and O–H groups in total. The van der Waals surface area contributed by atoms with Crippen LogP contribution in [0.4, 0.5) is 0 Å². The first-order valence-corrected chi connectivity index (χ1v) is 10.6. The number of aromatic nitrogens is 2. The van der Waals surface area contributed by atoms with Crippen LogP contribution in [0.15, 0.2) is 77.9 Å². The Balaban J connectivity index is 1.34. The number of halogens is 1. The second kappa shape index (κ2) is 10.5. The minimum atomic E-state index is -0.441. The molecule has 0 radical (unpaired) electrons. The molecule has 0 spiro atoms. The highest BCUT2D eigenvalue weighted by Gasteiger charge is 2.11. The van der Waals surface area contributed by atoms with Crippen molar-refractivity contribution in [2.24, 2.45) is 5.10 Å². The van der Waals surface area contributed by atoms with Crippen LogP contribution in [-0.2, 0) is 6.61 Å². The van der Waals surface area contributed by atoms with E-state index in [1.54, 1.807) is 18.2 Å². The number of phenols is 1. The fourth-order valence-corrected chi connectivity index (χ4v) is 3.18. The van der Waals surface area contributed by atoms with Crippen molar-refractivity contribution in [3.05, 3.63) is 94.6 Å². The Labute approximate surface area is 200 Å². The first-order chi connectivity index (χ1) is 16.5. The molecule has 1 heterocycles. The molecule has 0 saturated carbocycles. The number of methoxy groups -OCH3 is 1. The Morgan fingerprint density at radius 1 is 1.12 bits per heavy atom. The largest absolute Gasteiger partial charge is 0.504 e. The van der Waals surface area contributed by atoms with Gasteiger partial charge < -0.3 is 14.6 Å². The second-order valence-corrected chi connectivity index (χ2v) is 7.67.